The van der Waals surface area contributed by atoms with E-state index in [0.29, 0.717) is 18.0 Å². The lowest BCUT2D eigenvalue weighted by molar-refractivity contribution is 0.185. The maximum atomic E-state index is 13.0. The van der Waals surface area contributed by atoms with Gasteiger partial charge >= 0.3 is 0 Å². The van der Waals surface area contributed by atoms with E-state index in [2.05, 4.69) is 21.6 Å². The first-order valence-corrected chi connectivity index (χ1v) is 10.6. The van der Waals surface area contributed by atoms with E-state index >= 15 is 0 Å². The molecule has 1 aliphatic heterocycles. The van der Waals surface area contributed by atoms with E-state index in [1.807, 2.05) is 12.1 Å². The topological polar surface area (TPSA) is 71.1 Å². The Kier molecular flexibility index (Phi) is 6.43. The van der Waals surface area contributed by atoms with Crippen molar-refractivity contribution < 1.29 is 17.9 Å². The van der Waals surface area contributed by atoms with Crippen molar-refractivity contribution in [2.75, 3.05) is 57.1 Å². The summed E-state index contributed by atoms with van der Waals surface area (Å²) in [5, 5.41) is 0. The lowest BCUT2D eigenvalue weighted by Crippen LogP contribution is -2.44. The Morgan fingerprint density at radius 1 is 1.04 bits per heavy atom. The van der Waals surface area contributed by atoms with Crippen molar-refractivity contribution in [3.05, 3.63) is 48.0 Å². The SMILES string of the molecule is COCc1ccccc1NS(=O)(=O)c1ccc(OC)c(N2CCN(C)CC2)c1. The smallest absolute Gasteiger partial charge is 0.261 e. The van der Waals surface area contributed by atoms with Gasteiger partial charge in [-0.25, -0.2) is 8.42 Å². The average molecular weight is 406 g/mol. The zero-order valence-electron chi connectivity index (χ0n) is 16.5. The van der Waals surface area contributed by atoms with Crippen LogP contribution in [0.15, 0.2) is 47.4 Å². The molecule has 152 valence electrons. The van der Waals surface area contributed by atoms with Crippen LogP contribution in [-0.2, 0) is 21.4 Å². The number of hydrogen-bond donors (Lipinski definition) is 1. The zero-order chi connectivity index (χ0) is 20.1. The van der Waals surface area contributed by atoms with Crippen molar-refractivity contribution in [3.8, 4) is 5.75 Å². The second kappa shape index (κ2) is 8.81. The Labute approximate surface area is 166 Å². The fourth-order valence-electron chi connectivity index (χ4n) is 3.24. The van der Waals surface area contributed by atoms with Crippen LogP contribution in [0.3, 0.4) is 0 Å². The number of hydrogen-bond acceptors (Lipinski definition) is 6. The second-order valence-corrected chi connectivity index (χ2v) is 8.50. The second-order valence-electron chi connectivity index (χ2n) is 6.82. The standard InChI is InChI=1S/C20H27N3O4S/c1-22-10-12-23(13-11-22)19-14-17(8-9-20(19)27-3)28(24,25)21-18-7-5-4-6-16(18)15-26-2/h4-9,14,21H,10-13,15H2,1-3H3. The maximum absolute atomic E-state index is 13.0. The number of rotatable bonds is 7. The monoisotopic (exact) mass is 405 g/mol. The Bertz CT molecular complexity index is 909. The highest BCUT2D eigenvalue weighted by Crippen LogP contribution is 2.32. The predicted molar refractivity (Wildman–Crippen MR) is 111 cm³/mol. The molecule has 0 bridgehead atoms. The molecule has 1 heterocycles. The predicted octanol–water partition coefficient (Wildman–Crippen LogP) is 2.39. The van der Waals surface area contributed by atoms with Gasteiger partial charge in [-0.15, -0.1) is 0 Å². The van der Waals surface area contributed by atoms with E-state index in [9.17, 15) is 8.42 Å². The number of sulfonamides is 1. The molecule has 1 N–H and O–H groups in total. The molecule has 1 saturated heterocycles. The van der Waals surface area contributed by atoms with Gasteiger partial charge in [0, 0.05) is 38.9 Å². The highest BCUT2D eigenvalue weighted by molar-refractivity contribution is 7.92. The molecule has 1 fully saturated rings. The molecule has 7 nitrogen and oxygen atoms in total. The summed E-state index contributed by atoms with van der Waals surface area (Å²) in [4.78, 5) is 4.61. The van der Waals surface area contributed by atoms with Gasteiger partial charge in [-0.05, 0) is 31.3 Å². The normalized spacial score (nSPS) is 15.5. The van der Waals surface area contributed by atoms with Crippen molar-refractivity contribution >= 4 is 21.4 Å². The van der Waals surface area contributed by atoms with Gasteiger partial charge in [0.15, 0.2) is 0 Å². The Morgan fingerprint density at radius 2 is 1.75 bits per heavy atom. The number of benzene rings is 2. The number of methoxy groups -OCH3 is 2. The van der Waals surface area contributed by atoms with Crippen molar-refractivity contribution in [1.29, 1.82) is 0 Å². The van der Waals surface area contributed by atoms with Crippen LogP contribution in [0.1, 0.15) is 5.56 Å². The van der Waals surface area contributed by atoms with Crippen LogP contribution in [0.5, 0.6) is 5.75 Å². The van der Waals surface area contributed by atoms with E-state index in [1.54, 1.807) is 44.6 Å². The van der Waals surface area contributed by atoms with Gasteiger partial charge in [0.2, 0.25) is 0 Å². The van der Waals surface area contributed by atoms with Crippen LogP contribution in [0.25, 0.3) is 0 Å². The highest BCUT2D eigenvalue weighted by Gasteiger charge is 2.22. The minimum Gasteiger partial charge on any atom is -0.495 e. The minimum absolute atomic E-state index is 0.203. The third kappa shape index (κ3) is 4.57. The molecule has 8 heteroatoms. The van der Waals surface area contributed by atoms with E-state index in [1.165, 1.54) is 0 Å². The summed E-state index contributed by atoms with van der Waals surface area (Å²) in [6, 6.07) is 12.2. The van der Waals surface area contributed by atoms with Crippen molar-refractivity contribution in [1.82, 2.24) is 4.90 Å². The molecule has 0 amide bonds. The molecule has 3 rings (SSSR count). The van der Waals surface area contributed by atoms with Gasteiger partial charge in [-0.2, -0.15) is 0 Å². The third-order valence-corrected chi connectivity index (χ3v) is 6.23. The summed E-state index contributed by atoms with van der Waals surface area (Å²) >= 11 is 0. The molecular weight excluding hydrogens is 378 g/mol. The zero-order valence-corrected chi connectivity index (χ0v) is 17.3. The molecule has 0 atom stereocenters. The molecule has 0 spiro atoms. The lowest BCUT2D eigenvalue weighted by Gasteiger charge is -2.34. The average Bonchev–Trinajstić information content (AvgIpc) is 2.69. The summed E-state index contributed by atoms with van der Waals surface area (Å²) in [5.74, 6) is 0.670. The number of ether oxygens (including phenoxy) is 2. The number of para-hydroxylation sites is 1. The van der Waals surface area contributed by atoms with Crippen LogP contribution < -0.4 is 14.4 Å². The van der Waals surface area contributed by atoms with Crippen molar-refractivity contribution in [2.45, 2.75) is 11.5 Å². The largest absolute Gasteiger partial charge is 0.495 e. The summed E-state index contributed by atoms with van der Waals surface area (Å²) in [6.45, 7) is 3.81. The Balaban J connectivity index is 1.91. The summed E-state index contributed by atoms with van der Waals surface area (Å²) in [6.07, 6.45) is 0. The van der Waals surface area contributed by atoms with E-state index < -0.39 is 10.0 Å². The fraction of sp³-hybridized carbons (Fsp3) is 0.400. The first-order chi connectivity index (χ1) is 13.4. The lowest BCUT2D eigenvalue weighted by atomic mass is 10.2. The van der Waals surface area contributed by atoms with Gasteiger partial charge in [-0.3, -0.25) is 4.72 Å². The van der Waals surface area contributed by atoms with Crippen molar-refractivity contribution in [2.24, 2.45) is 0 Å². The molecule has 2 aromatic rings. The summed E-state index contributed by atoms with van der Waals surface area (Å²) < 4.78 is 39.4. The Hall–Kier alpha value is -2.29. The fourth-order valence-corrected chi connectivity index (χ4v) is 4.36. The molecule has 0 aromatic heterocycles. The molecule has 1 aliphatic rings. The van der Waals surface area contributed by atoms with Crippen LogP contribution in [0.4, 0.5) is 11.4 Å². The quantitative estimate of drug-likeness (QED) is 0.763. The van der Waals surface area contributed by atoms with Crippen LogP contribution in [0, 0.1) is 0 Å². The Morgan fingerprint density at radius 3 is 2.43 bits per heavy atom. The molecule has 0 radical (unpaired) electrons. The molecule has 0 unspecified atom stereocenters. The molecule has 2 aromatic carbocycles. The molecule has 28 heavy (non-hydrogen) atoms. The van der Waals surface area contributed by atoms with E-state index in [0.717, 1.165) is 37.4 Å². The van der Waals surface area contributed by atoms with Gasteiger partial charge in [0.1, 0.15) is 5.75 Å². The number of anilines is 2. The van der Waals surface area contributed by atoms with E-state index in [4.69, 9.17) is 9.47 Å². The molecule has 0 aliphatic carbocycles. The summed E-state index contributed by atoms with van der Waals surface area (Å²) in [7, 11) is 1.51. The van der Waals surface area contributed by atoms with Gasteiger partial charge < -0.3 is 19.3 Å². The van der Waals surface area contributed by atoms with Crippen LogP contribution >= 0.6 is 0 Å². The first kappa shape index (κ1) is 20.4. The number of likely N-dealkylation sites (N-methyl/N-ethyl adjacent to an activating group) is 1. The van der Waals surface area contributed by atoms with Crippen LogP contribution in [0.2, 0.25) is 0 Å². The van der Waals surface area contributed by atoms with E-state index in [-0.39, 0.29) is 4.90 Å². The number of nitrogens with one attached hydrogen (secondary N) is 1. The molecule has 0 saturated carbocycles. The number of piperazine rings is 1. The minimum atomic E-state index is -3.75. The van der Waals surface area contributed by atoms with Gasteiger partial charge in [0.05, 0.1) is 30.0 Å². The maximum Gasteiger partial charge on any atom is 0.261 e. The van der Waals surface area contributed by atoms with Gasteiger partial charge in [-0.1, -0.05) is 18.2 Å². The number of nitrogens with zero attached hydrogens (tertiary/aromatic N) is 2. The first-order valence-electron chi connectivity index (χ1n) is 9.16. The van der Waals surface area contributed by atoms with Crippen LogP contribution in [-0.4, -0.2) is 60.8 Å². The van der Waals surface area contributed by atoms with Crippen molar-refractivity contribution in [3.63, 3.8) is 0 Å². The molecular formula is C20H27N3O4S. The highest BCUT2D eigenvalue weighted by atomic mass is 32.2. The summed E-state index contributed by atoms with van der Waals surface area (Å²) in [5.41, 5.74) is 2.09. The third-order valence-electron chi connectivity index (χ3n) is 4.87. The van der Waals surface area contributed by atoms with Gasteiger partial charge in [0.25, 0.3) is 10.0 Å².